The van der Waals surface area contributed by atoms with E-state index in [0.717, 1.165) is 64.2 Å². The molecule has 1 aromatic carbocycles. The molecule has 6 heteroatoms. The Morgan fingerprint density at radius 1 is 1.11 bits per heavy atom. The lowest BCUT2D eigenvalue weighted by atomic mass is 10.2. The van der Waals surface area contributed by atoms with Gasteiger partial charge in [0.2, 0.25) is 11.8 Å². The second kappa shape index (κ2) is 7.98. The number of nitrogens with zero attached hydrogens (tertiary/aromatic N) is 3. The van der Waals surface area contributed by atoms with Crippen LogP contribution >= 0.6 is 0 Å². The predicted molar refractivity (Wildman–Crippen MR) is 106 cm³/mol. The lowest BCUT2D eigenvalue weighted by molar-refractivity contribution is -0.126. The zero-order valence-corrected chi connectivity index (χ0v) is 16.2. The number of carbonyl (C=O) groups is 2. The molecule has 1 aromatic rings. The monoisotopic (exact) mass is 370 g/mol. The molecule has 2 heterocycles. The molecule has 2 amide bonds. The Morgan fingerprint density at radius 3 is 2.59 bits per heavy atom. The van der Waals surface area contributed by atoms with Gasteiger partial charge in [-0.05, 0) is 37.8 Å². The number of hydrogen-bond donors (Lipinski definition) is 1. The summed E-state index contributed by atoms with van der Waals surface area (Å²) in [4.78, 5) is 31.4. The zero-order chi connectivity index (χ0) is 18.8. The van der Waals surface area contributed by atoms with Crippen LogP contribution in [0.3, 0.4) is 0 Å². The molecule has 1 saturated carbocycles. The summed E-state index contributed by atoms with van der Waals surface area (Å²) < 4.78 is 0. The van der Waals surface area contributed by atoms with Gasteiger partial charge in [-0.1, -0.05) is 18.2 Å². The Balaban J connectivity index is 1.20. The van der Waals surface area contributed by atoms with Gasteiger partial charge in [0.05, 0.1) is 6.04 Å². The van der Waals surface area contributed by atoms with Gasteiger partial charge in [-0.2, -0.15) is 0 Å². The topological polar surface area (TPSA) is 55.9 Å². The van der Waals surface area contributed by atoms with Crippen LogP contribution in [0.2, 0.25) is 0 Å². The minimum absolute atomic E-state index is 0.0597. The lowest BCUT2D eigenvalue weighted by Crippen LogP contribution is -2.54. The smallest absolute Gasteiger partial charge is 0.237 e. The van der Waals surface area contributed by atoms with E-state index in [9.17, 15) is 9.59 Å². The van der Waals surface area contributed by atoms with Crippen LogP contribution in [-0.2, 0) is 16.0 Å². The molecule has 0 bridgehead atoms. The highest BCUT2D eigenvalue weighted by Gasteiger charge is 2.30. The Morgan fingerprint density at radius 2 is 1.85 bits per heavy atom. The molecule has 0 radical (unpaired) electrons. The fourth-order valence-electron chi connectivity index (χ4n) is 4.08. The molecule has 6 nitrogen and oxygen atoms in total. The number of carbonyl (C=O) groups excluding carboxylic acids is 2. The van der Waals surface area contributed by atoms with E-state index in [4.69, 9.17) is 0 Å². The average molecular weight is 370 g/mol. The van der Waals surface area contributed by atoms with E-state index in [2.05, 4.69) is 21.2 Å². The standard InChI is InChI=1S/C21H30N4O2/c1-16(21(27)22-18-6-7-18)24-14-12-23(13-15-24)10-9-20(26)25-11-8-17-4-2-3-5-19(17)25/h2-5,16,18H,6-15H2,1H3,(H,22,27). The molecule has 4 rings (SSSR count). The fourth-order valence-corrected chi connectivity index (χ4v) is 4.08. The van der Waals surface area contributed by atoms with Crippen LogP contribution in [-0.4, -0.2) is 73.0 Å². The van der Waals surface area contributed by atoms with Crippen LogP contribution < -0.4 is 10.2 Å². The first-order chi connectivity index (χ1) is 13.1. The number of nitrogens with one attached hydrogen (secondary N) is 1. The molecular weight excluding hydrogens is 340 g/mol. The number of rotatable bonds is 6. The first-order valence-electron chi connectivity index (χ1n) is 10.3. The van der Waals surface area contributed by atoms with Gasteiger partial charge in [0, 0.05) is 57.4 Å². The van der Waals surface area contributed by atoms with Gasteiger partial charge in [-0.25, -0.2) is 0 Å². The van der Waals surface area contributed by atoms with Crippen LogP contribution in [0.4, 0.5) is 5.69 Å². The van der Waals surface area contributed by atoms with Gasteiger partial charge >= 0.3 is 0 Å². The highest BCUT2D eigenvalue weighted by Crippen LogP contribution is 2.28. The van der Waals surface area contributed by atoms with Crippen molar-refractivity contribution in [1.82, 2.24) is 15.1 Å². The number of hydrogen-bond acceptors (Lipinski definition) is 4. The number of para-hydroxylation sites is 1. The number of benzene rings is 1. The van der Waals surface area contributed by atoms with Gasteiger partial charge in [0.1, 0.15) is 0 Å². The van der Waals surface area contributed by atoms with Crippen LogP contribution in [0, 0.1) is 0 Å². The van der Waals surface area contributed by atoms with Crippen LogP contribution in [0.5, 0.6) is 0 Å². The molecule has 2 aliphatic heterocycles. The van der Waals surface area contributed by atoms with E-state index >= 15 is 0 Å². The third kappa shape index (κ3) is 4.33. The number of amides is 2. The van der Waals surface area contributed by atoms with Gasteiger partial charge in [0.25, 0.3) is 0 Å². The van der Waals surface area contributed by atoms with Gasteiger partial charge in [-0.15, -0.1) is 0 Å². The Bertz CT molecular complexity index is 695. The predicted octanol–water partition coefficient (Wildman–Crippen LogP) is 1.25. The third-order valence-electron chi connectivity index (χ3n) is 6.09. The summed E-state index contributed by atoms with van der Waals surface area (Å²) in [6, 6.07) is 8.57. The highest BCUT2D eigenvalue weighted by atomic mass is 16.2. The van der Waals surface area contributed by atoms with Gasteiger partial charge < -0.3 is 15.1 Å². The summed E-state index contributed by atoms with van der Waals surface area (Å²) in [5.74, 6) is 0.383. The summed E-state index contributed by atoms with van der Waals surface area (Å²) in [6.45, 7) is 7.23. The normalized spacial score (nSPS) is 21.7. The summed E-state index contributed by atoms with van der Waals surface area (Å²) >= 11 is 0. The summed E-state index contributed by atoms with van der Waals surface area (Å²) in [7, 11) is 0. The van der Waals surface area contributed by atoms with Crippen molar-refractivity contribution in [3.63, 3.8) is 0 Å². The molecule has 0 aromatic heterocycles. The highest BCUT2D eigenvalue weighted by molar-refractivity contribution is 5.95. The van der Waals surface area contributed by atoms with E-state index in [1.54, 1.807) is 0 Å². The molecule has 1 N–H and O–H groups in total. The lowest BCUT2D eigenvalue weighted by Gasteiger charge is -2.37. The van der Waals surface area contributed by atoms with Crippen molar-refractivity contribution in [3.8, 4) is 0 Å². The Kier molecular flexibility index (Phi) is 5.45. The van der Waals surface area contributed by atoms with Crippen molar-refractivity contribution >= 4 is 17.5 Å². The fraction of sp³-hybridized carbons (Fsp3) is 0.619. The maximum absolute atomic E-state index is 12.7. The summed E-state index contributed by atoms with van der Waals surface area (Å²) in [5.41, 5.74) is 2.36. The third-order valence-corrected chi connectivity index (χ3v) is 6.09. The SMILES string of the molecule is CC(C(=O)NC1CC1)N1CCN(CCC(=O)N2CCc3ccccc32)CC1. The first-order valence-corrected chi connectivity index (χ1v) is 10.3. The first kappa shape index (κ1) is 18.4. The van der Waals surface area contributed by atoms with Crippen molar-refractivity contribution in [1.29, 1.82) is 0 Å². The van der Waals surface area contributed by atoms with E-state index < -0.39 is 0 Å². The zero-order valence-electron chi connectivity index (χ0n) is 16.2. The summed E-state index contributed by atoms with van der Waals surface area (Å²) in [5, 5.41) is 3.10. The molecule has 1 atom stereocenters. The molecule has 1 saturated heterocycles. The van der Waals surface area contributed by atoms with E-state index in [1.807, 2.05) is 30.0 Å². The minimum Gasteiger partial charge on any atom is -0.352 e. The Labute approximate surface area is 161 Å². The molecular formula is C21H30N4O2. The van der Waals surface area contributed by atoms with E-state index in [1.165, 1.54) is 5.56 Å². The molecule has 27 heavy (non-hydrogen) atoms. The quantitative estimate of drug-likeness (QED) is 0.819. The van der Waals surface area contributed by atoms with Crippen molar-refractivity contribution in [3.05, 3.63) is 29.8 Å². The molecule has 3 aliphatic rings. The number of anilines is 1. The average Bonchev–Trinajstić information content (AvgIpc) is 3.40. The summed E-state index contributed by atoms with van der Waals surface area (Å²) in [6.07, 6.45) is 3.77. The van der Waals surface area contributed by atoms with Crippen molar-refractivity contribution in [2.24, 2.45) is 0 Å². The van der Waals surface area contributed by atoms with Crippen LogP contribution in [0.1, 0.15) is 31.7 Å². The molecule has 0 spiro atoms. The molecule has 146 valence electrons. The van der Waals surface area contributed by atoms with Gasteiger partial charge in [0.15, 0.2) is 0 Å². The largest absolute Gasteiger partial charge is 0.352 e. The molecule has 1 aliphatic carbocycles. The second-order valence-corrected chi connectivity index (χ2v) is 8.01. The van der Waals surface area contributed by atoms with Crippen molar-refractivity contribution in [2.75, 3.05) is 44.2 Å². The van der Waals surface area contributed by atoms with Crippen LogP contribution in [0.15, 0.2) is 24.3 Å². The molecule has 1 unspecified atom stereocenters. The van der Waals surface area contributed by atoms with E-state index in [0.29, 0.717) is 12.5 Å². The van der Waals surface area contributed by atoms with Crippen LogP contribution in [0.25, 0.3) is 0 Å². The van der Waals surface area contributed by atoms with E-state index in [-0.39, 0.29) is 17.9 Å². The maximum atomic E-state index is 12.7. The van der Waals surface area contributed by atoms with Gasteiger partial charge in [-0.3, -0.25) is 14.5 Å². The van der Waals surface area contributed by atoms with Crippen molar-refractivity contribution in [2.45, 2.75) is 44.7 Å². The Hall–Kier alpha value is -1.92. The minimum atomic E-state index is -0.0597. The van der Waals surface area contributed by atoms with Crippen molar-refractivity contribution < 1.29 is 9.59 Å². The second-order valence-electron chi connectivity index (χ2n) is 8.01. The molecule has 2 fully saturated rings. The number of fused-ring (bicyclic) bond motifs is 1. The number of piperazine rings is 1. The maximum Gasteiger partial charge on any atom is 0.237 e.